The van der Waals surface area contributed by atoms with Crippen molar-refractivity contribution in [3.8, 4) is 5.75 Å². The van der Waals surface area contributed by atoms with E-state index in [-0.39, 0.29) is 10.5 Å². The number of fused-ring (bicyclic) bond motifs is 3. The molecule has 0 aromatic heterocycles. The Morgan fingerprint density at radius 1 is 0.800 bits per heavy atom. The summed E-state index contributed by atoms with van der Waals surface area (Å²) in [6, 6.07) is 29.1. The van der Waals surface area contributed by atoms with Gasteiger partial charge in [-0.3, -0.25) is 0 Å². The van der Waals surface area contributed by atoms with Crippen molar-refractivity contribution < 1.29 is 4.43 Å². The van der Waals surface area contributed by atoms with E-state index in [1.165, 1.54) is 41.6 Å². The molecule has 0 spiro atoms. The molecule has 0 radical (unpaired) electrons. The minimum absolute atomic E-state index is 0.0317. The molecule has 2 aliphatic rings. The van der Waals surface area contributed by atoms with Crippen LogP contribution in [0.1, 0.15) is 78.4 Å². The predicted octanol–water partition coefficient (Wildman–Crippen LogP) is 7.66. The van der Waals surface area contributed by atoms with Crippen LogP contribution in [0.25, 0.3) is 0 Å². The first-order valence-electron chi connectivity index (χ1n) is 13.5. The summed E-state index contributed by atoms with van der Waals surface area (Å²) in [5.74, 6) is 1.80. The smallest absolute Gasteiger partial charge is 0.319 e. The molecule has 1 saturated carbocycles. The summed E-state index contributed by atoms with van der Waals surface area (Å²) in [4.78, 5) is 0. The summed E-state index contributed by atoms with van der Waals surface area (Å²) < 4.78 is 7.35. The maximum Gasteiger partial charge on any atom is 0.319 e. The van der Waals surface area contributed by atoms with Gasteiger partial charge in [0.25, 0.3) is 0 Å². The largest absolute Gasteiger partial charge is 0.534 e. The molecule has 184 valence electrons. The Labute approximate surface area is 214 Å². The molecule has 0 amide bonds. The molecule has 35 heavy (non-hydrogen) atoms. The van der Waals surface area contributed by atoms with Crippen LogP contribution in [0.3, 0.4) is 0 Å². The minimum Gasteiger partial charge on any atom is -0.534 e. The Hall–Kier alpha value is -2.32. The lowest BCUT2D eigenvalue weighted by molar-refractivity contribution is 0.0407. The number of rotatable bonds is 4. The number of hydrogen-bond acceptors (Lipinski definition) is 1. The van der Waals surface area contributed by atoms with E-state index in [0.717, 1.165) is 18.1 Å². The van der Waals surface area contributed by atoms with Gasteiger partial charge in [0.15, 0.2) is 0 Å². The van der Waals surface area contributed by atoms with E-state index in [4.69, 9.17) is 4.43 Å². The molecule has 2 atom stereocenters. The van der Waals surface area contributed by atoms with Gasteiger partial charge >= 0.3 is 8.32 Å². The van der Waals surface area contributed by atoms with Gasteiger partial charge in [0, 0.05) is 0 Å². The maximum absolute atomic E-state index is 7.35. The predicted molar refractivity (Wildman–Crippen MR) is 151 cm³/mol. The molecule has 5 rings (SSSR count). The van der Waals surface area contributed by atoms with Gasteiger partial charge in [0.2, 0.25) is 0 Å². The number of aryl methyl sites for hydroxylation is 1. The van der Waals surface area contributed by atoms with E-state index in [1.54, 1.807) is 5.56 Å². The van der Waals surface area contributed by atoms with E-state index < -0.39 is 8.32 Å². The quantitative estimate of drug-likeness (QED) is 0.347. The Bertz CT molecular complexity index is 1140. The van der Waals surface area contributed by atoms with Crippen molar-refractivity contribution in [2.24, 2.45) is 11.3 Å². The summed E-state index contributed by atoms with van der Waals surface area (Å²) in [7, 11) is -2.61. The highest BCUT2D eigenvalue weighted by Gasteiger charge is 2.53. The minimum atomic E-state index is -2.61. The zero-order valence-electron chi connectivity index (χ0n) is 22.5. The second-order valence-electron chi connectivity index (χ2n) is 12.9. The molecule has 1 nitrogen and oxygen atoms in total. The molecular weight excluding hydrogens is 440 g/mol. The lowest BCUT2D eigenvalue weighted by Crippen LogP contribution is -2.68. The van der Waals surface area contributed by atoms with Crippen molar-refractivity contribution in [1.29, 1.82) is 0 Å². The van der Waals surface area contributed by atoms with Gasteiger partial charge in [-0.1, -0.05) is 115 Å². The van der Waals surface area contributed by atoms with Crippen LogP contribution in [0.2, 0.25) is 5.04 Å². The third-order valence-electron chi connectivity index (χ3n) is 9.31. The summed E-state index contributed by atoms with van der Waals surface area (Å²) in [6.45, 7) is 14.6. The average molecular weight is 483 g/mol. The van der Waals surface area contributed by atoms with Crippen LogP contribution in [0, 0.1) is 11.3 Å². The van der Waals surface area contributed by atoms with Crippen molar-refractivity contribution in [2.45, 2.75) is 84.1 Å². The first-order chi connectivity index (χ1) is 16.6. The van der Waals surface area contributed by atoms with E-state index >= 15 is 0 Å². The highest BCUT2D eigenvalue weighted by Crippen LogP contribution is 2.57. The van der Waals surface area contributed by atoms with Crippen LogP contribution in [-0.4, -0.2) is 8.32 Å². The molecule has 0 N–H and O–H groups in total. The molecule has 3 aromatic carbocycles. The van der Waals surface area contributed by atoms with Gasteiger partial charge < -0.3 is 4.43 Å². The molecule has 1 fully saturated rings. The highest BCUT2D eigenvalue weighted by molar-refractivity contribution is 7.00. The van der Waals surface area contributed by atoms with Gasteiger partial charge in [-0.2, -0.15) is 0 Å². The summed E-state index contributed by atoms with van der Waals surface area (Å²) >= 11 is 0. The van der Waals surface area contributed by atoms with Crippen molar-refractivity contribution >= 4 is 18.7 Å². The van der Waals surface area contributed by atoms with E-state index in [9.17, 15) is 0 Å². The SMILES string of the molecule is CC1(C)CCC[C@]2(C)c3ccc(O[Si](c4ccccc4)(c4ccccc4)C(C)(C)C)cc3CC[C@@H]12. The van der Waals surface area contributed by atoms with Crippen LogP contribution in [-0.2, 0) is 11.8 Å². The van der Waals surface area contributed by atoms with Crippen LogP contribution in [0.5, 0.6) is 5.75 Å². The molecule has 0 saturated heterocycles. The van der Waals surface area contributed by atoms with Gasteiger partial charge in [0.05, 0.1) is 0 Å². The van der Waals surface area contributed by atoms with Crippen molar-refractivity contribution in [2.75, 3.05) is 0 Å². The third-order valence-corrected chi connectivity index (χ3v) is 14.3. The van der Waals surface area contributed by atoms with Crippen LogP contribution in [0.15, 0.2) is 78.9 Å². The first kappa shape index (κ1) is 24.4. The van der Waals surface area contributed by atoms with Gasteiger partial charge in [0.1, 0.15) is 5.75 Å². The van der Waals surface area contributed by atoms with Crippen molar-refractivity contribution in [3.63, 3.8) is 0 Å². The van der Waals surface area contributed by atoms with Gasteiger partial charge in [-0.15, -0.1) is 0 Å². The highest BCUT2D eigenvalue weighted by atomic mass is 28.4. The monoisotopic (exact) mass is 482 g/mol. The van der Waals surface area contributed by atoms with Crippen molar-refractivity contribution in [1.82, 2.24) is 0 Å². The molecule has 3 aromatic rings. The van der Waals surface area contributed by atoms with Gasteiger partial charge in [-0.25, -0.2) is 0 Å². The lowest BCUT2D eigenvalue weighted by Gasteiger charge is -2.54. The van der Waals surface area contributed by atoms with Crippen molar-refractivity contribution in [3.05, 3.63) is 90.0 Å². The standard InChI is InChI=1S/C33H42OSi/c1-31(2,3)35(27-14-9-7-10-15-27,28-16-11-8-12-17-28)34-26-19-20-29-25(24-26)18-21-30-32(4,5)22-13-23-33(29,30)6/h7-12,14-17,19-20,24,30H,13,18,21-23H2,1-6H3/t30-,33+/m0/s1. The van der Waals surface area contributed by atoms with E-state index in [1.807, 2.05) is 0 Å². The summed E-state index contributed by atoms with van der Waals surface area (Å²) in [6.07, 6.45) is 6.45. The number of benzene rings is 3. The third kappa shape index (κ3) is 3.98. The van der Waals surface area contributed by atoms with E-state index in [2.05, 4.69) is 120 Å². The zero-order chi connectivity index (χ0) is 24.9. The summed E-state index contributed by atoms with van der Waals surface area (Å²) in [5, 5.41) is 2.63. The topological polar surface area (TPSA) is 9.23 Å². The molecule has 0 bridgehead atoms. The molecule has 2 aliphatic carbocycles. The van der Waals surface area contributed by atoms with Gasteiger partial charge in [-0.05, 0) is 81.1 Å². The Balaban J connectivity index is 1.61. The fraction of sp³-hybridized carbons (Fsp3) is 0.455. The number of hydrogen-bond donors (Lipinski definition) is 0. The fourth-order valence-corrected chi connectivity index (χ4v) is 12.1. The molecular formula is C33H42OSi. The Morgan fingerprint density at radius 2 is 1.40 bits per heavy atom. The fourth-order valence-electron chi connectivity index (χ4n) is 7.68. The second kappa shape index (κ2) is 8.66. The zero-order valence-corrected chi connectivity index (χ0v) is 23.5. The lowest BCUT2D eigenvalue weighted by atomic mass is 9.50. The Kier molecular flexibility index (Phi) is 6.03. The van der Waals surface area contributed by atoms with Crippen LogP contribution < -0.4 is 14.8 Å². The Morgan fingerprint density at radius 3 is 1.97 bits per heavy atom. The normalized spacial score (nSPS) is 23.8. The van der Waals surface area contributed by atoms with E-state index in [0.29, 0.717) is 5.41 Å². The van der Waals surface area contributed by atoms with Crippen LogP contribution >= 0.6 is 0 Å². The molecule has 2 heteroatoms. The molecule has 0 heterocycles. The first-order valence-corrected chi connectivity index (χ1v) is 15.4. The second-order valence-corrected chi connectivity index (χ2v) is 17.2. The summed E-state index contributed by atoms with van der Waals surface area (Å²) in [5.41, 5.74) is 3.80. The molecule has 0 aliphatic heterocycles. The maximum atomic E-state index is 7.35. The van der Waals surface area contributed by atoms with Crippen LogP contribution in [0.4, 0.5) is 0 Å². The average Bonchev–Trinajstić information content (AvgIpc) is 2.82. The molecule has 0 unspecified atom stereocenters.